The van der Waals surface area contributed by atoms with Crippen molar-refractivity contribution in [2.24, 2.45) is 0 Å². The van der Waals surface area contributed by atoms with Crippen molar-refractivity contribution in [2.75, 3.05) is 18.5 Å². The third-order valence-corrected chi connectivity index (χ3v) is 6.01. The predicted molar refractivity (Wildman–Crippen MR) is 112 cm³/mol. The molecule has 9 nitrogen and oxygen atoms in total. The summed E-state index contributed by atoms with van der Waals surface area (Å²) in [6.07, 6.45) is 0.653. The van der Waals surface area contributed by atoms with Crippen LogP contribution in [0.15, 0.2) is 24.3 Å². The SMILES string of the molecule is CC(C)OCCCNC(=O)C(=O)Nc1c2c(nn1-c1cccc(Cl)c1)CS(=O)(=O)C2. The van der Waals surface area contributed by atoms with Gasteiger partial charge in [-0.1, -0.05) is 17.7 Å². The Kier molecular flexibility index (Phi) is 6.79. The van der Waals surface area contributed by atoms with Gasteiger partial charge in [-0.2, -0.15) is 5.10 Å². The molecule has 0 fully saturated rings. The average molecular weight is 455 g/mol. The summed E-state index contributed by atoms with van der Waals surface area (Å²) in [5.41, 5.74) is 1.26. The lowest BCUT2D eigenvalue weighted by Crippen LogP contribution is -2.37. The van der Waals surface area contributed by atoms with Gasteiger partial charge in [0, 0.05) is 23.7 Å². The number of anilines is 1. The number of carbonyl (C=O) groups is 2. The molecule has 30 heavy (non-hydrogen) atoms. The van der Waals surface area contributed by atoms with Gasteiger partial charge < -0.3 is 15.4 Å². The second-order valence-corrected chi connectivity index (χ2v) is 9.68. The van der Waals surface area contributed by atoms with Gasteiger partial charge in [0.2, 0.25) is 0 Å². The van der Waals surface area contributed by atoms with E-state index in [4.69, 9.17) is 16.3 Å². The van der Waals surface area contributed by atoms with Crippen LogP contribution in [0.1, 0.15) is 31.5 Å². The van der Waals surface area contributed by atoms with E-state index < -0.39 is 21.7 Å². The molecule has 0 unspecified atom stereocenters. The molecule has 0 atom stereocenters. The number of halogens is 1. The maximum Gasteiger partial charge on any atom is 0.314 e. The fourth-order valence-corrected chi connectivity index (χ4v) is 4.68. The molecule has 2 amide bonds. The zero-order chi connectivity index (χ0) is 21.9. The first-order valence-electron chi connectivity index (χ1n) is 9.44. The second-order valence-electron chi connectivity index (χ2n) is 7.18. The number of ether oxygens (including phenoxy) is 1. The van der Waals surface area contributed by atoms with E-state index in [0.717, 1.165) is 0 Å². The zero-order valence-electron chi connectivity index (χ0n) is 16.6. The summed E-state index contributed by atoms with van der Waals surface area (Å²) in [5, 5.41) is 9.82. The fourth-order valence-electron chi connectivity index (χ4n) is 3.00. The van der Waals surface area contributed by atoms with Crippen LogP contribution in [-0.2, 0) is 35.7 Å². The molecule has 11 heteroatoms. The molecule has 1 aromatic heterocycles. The van der Waals surface area contributed by atoms with Gasteiger partial charge in [-0.25, -0.2) is 13.1 Å². The number of rotatable bonds is 7. The first-order chi connectivity index (χ1) is 14.2. The molecule has 162 valence electrons. The van der Waals surface area contributed by atoms with E-state index in [2.05, 4.69) is 15.7 Å². The summed E-state index contributed by atoms with van der Waals surface area (Å²) < 4.78 is 30.8. The maximum absolute atomic E-state index is 12.4. The topological polar surface area (TPSA) is 119 Å². The Morgan fingerprint density at radius 1 is 1.27 bits per heavy atom. The third-order valence-electron chi connectivity index (χ3n) is 4.34. The standard InChI is InChI=1S/C19H23ClN4O5S/c1-12(2)29-8-4-7-21-18(25)19(26)22-17-15-10-30(27,28)11-16(15)23-24(17)14-6-3-5-13(20)9-14/h3,5-6,9,12H,4,7-8,10-11H2,1-2H3,(H,21,25)(H,22,26). The normalized spacial score (nSPS) is 14.5. The number of sulfone groups is 1. The lowest BCUT2D eigenvalue weighted by Gasteiger charge is -2.12. The van der Waals surface area contributed by atoms with E-state index in [9.17, 15) is 18.0 Å². The highest BCUT2D eigenvalue weighted by Gasteiger charge is 2.33. The molecular formula is C19H23ClN4O5S. The van der Waals surface area contributed by atoms with Crippen molar-refractivity contribution in [1.29, 1.82) is 0 Å². The largest absolute Gasteiger partial charge is 0.379 e. The van der Waals surface area contributed by atoms with Crippen molar-refractivity contribution in [3.63, 3.8) is 0 Å². The molecule has 2 aromatic rings. The van der Waals surface area contributed by atoms with Crippen LogP contribution >= 0.6 is 11.6 Å². The van der Waals surface area contributed by atoms with E-state index in [0.29, 0.717) is 35.0 Å². The lowest BCUT2D eigenvalue weighted by molar-refractivity contribution is -0.136. The molecular weight excluding hydrogens is 432 g/mol. The van der Waals surface area contributed by atoms with Crippen molar-refractivity contribution >= 4 is 39.1 Å². The minimum Gasteiger partial charge on any atom is -0.379 e. The number of nitrogens with one attached hydrogen (secondary N) is 2. The zero-order valence-corrected chi connectivity index (χ0v) is 18.2. The van der Waals surface area contributed by atoms with Gasteiger partial charge >= 0.3 is 11.8 Å². The predicted octanol–water partition coefficient (Wildman–Crippen LogP) is 1.82. The van der Waals surface area contributed by atoms with Gasteiger partial charge in [0.15, 0.2) is 9.84 Å². The number of amides is 2. The number of aromatic nitrogens is 2. The summed E-state index contributed by atoms with van der Waals surface area (Å²) >= 11 is 6.05. The summed E-state index contributed by atoms with van der Waals surface area (Å²) in [5.74, 6) is -2.06. The Labute approximate surface area is 179 Å². The quantitative estimate of drug-likeness (QED) is 0.486. The van der Waals surface area contributed by atoms with Crippen LogP contribution in [-0.4, -0.2) is 49.3 Å². The Morgan fingerprint density at radius 2 is 2.03 bits per heavy atom. The van der Waals surface area contributed by atoms with E-state index in [-0.39, 0.29) is 30.0 Å². The minimum absolute atomic E-state index is 0.0918. The average Bonchev–Trinajstić information content (AvgIpc) is 3.13. The molecule has 3 rings (SSSR count). The molecule has 0 aliphatic carbocycles. The highest BCUT2D eigenvalue weighted by Crippen LogP contribution is 2.33. The summed E-state index contributed by atoms with van der Waals surface area (Å²) in [4.78, 5) is 24.6. The van der Waals surface area contributed by atoms with Crippen LogP contribution in [0.2, 0.25) is 5.02 Å². The summed E-state index contributed by atoms with van der Waals surface area (Å²) in [7, 11) is -3.34. The van der Waals surface area contributed by atoms with E-state index in [1.54, 1.807) is 24.3 Å². The van der Waals surface area contributed by atoms with E-state index >= 15 is 0 Å². The van der Waals surface area contributed by atoms with Gasteiger partial charge in [0.05, 0.1) is 29.0 Å². The van der Waals surface area contributed by atoms with Gasteiger partial charge in [-0.3, -0.25) is 9.59 Å². The monoisotopic (exact) mass is 454 g/mol. The molecule has 1 aliphatic rings. The van der Waals surface area contributed by atoms with Crippen molar-refractivity contribution < 1.29 is 22.7 Å². The molecule has 1 aromatic carbocycles. The first kappa shape index (κ1) is 22.3. The highest BCUT2D eigenvalue weighted by molar-refractivity contribution is 7.90. The molecule has 2 N–H and O–H groups in total. The summed E-state index contributed by atoms with van der Waals surface area (Å²) in [6, 6.07) is 6.73. The number of benzene rings is 1. The molecule has 2 heterocycles. The van der Waals surface area contributed by atoms with Crippen molar-refractivity contribution in [3.05, 3.63) is 40.5 Å². The number of fused-ring (bicyclic) bond motifs is 1. The Hall–Kier alpha value is -2.43. The maximum atomic E-state index is 12.4. The Balaban J connectivity index is 1.76. The van der Waals surface area contributed by atoms with Crippen LogP contribution < -0.4 is 10.6 Å². The first-order valence-corrected chi connectivity index (χ1v) is 11.6. The smallest absolute Gasteiger partial charge is 0.314 e. The minimum atomic E-state index is -3.34. The van der Waals surface area contributed by atoms with Crippen molar-refractivity contribution in [1.82, 2.24) is 15.1 Å². The molecule has 0 saturated heterocycles. The van der Waals surface area contributed by atoms with Gasteiger partial charge in [0.25, 0.3) is 0 Å². The van der Waals surface area contributed by atoms with Crippen LogP contribution in [0, 0.1) is 0 Å². The van der Waals surface area contributed by atoms with Gasteiger partial charge in [-0.05, 0) is 38.5 Å². The van der Waals surface area contributed by atoms with Gasteiger partial charge in [-0.15, -0.1) is 0 Å². The second kappa shape index (κ2) is 9.15. The molecule has 1 aliphatic heterocycles. The van der Waals surface area contributed by atoms with Gasteiger partial charge in [0.1, 0.15) is 5.82 Å². The van der Waals surface area contributed by atoms with Crippen LogP contribution in [0.25, 0.3) is 5.69 Å². The van der Waals surface area contributed by atoms with Crippen molar-refractivity contribution in [3.8, 4) is 5.69 Å². The molecule has 0 bridgehead atoms. The summed E-state index contributed by atoms with van der Waals surface area (Å²) in [6.45, 7) is 4.56. The number of nitrogens with zero attached hydrogens (tertiary/aromatic N) is 2. The van der Waals surface area contributed by atoms with E-state index in [1.165, 1.54) is 4.68 Å². The van der Waals surface area contributed by atoms with Crippen LogP contribution in [0.3, 0.4) is 0 Å². The molecule has 0 saturated carbocycles. The Morgan fingerprint density at radius 3 is 2.73 bits per heavy atom. The third kappa shape index (κ3) is 5.38. The molecule has 0 radical (unpaired) electrons. The molecule has 0 spiro atoms. The number of hydrogen-bond acceptors (Lipinski definition) is 6. The Bertz CT molecular complexity index is 1060. The number of carbonyl (C=O) groups excluding carboxylic acids is 2. The number of hydrogen-bond donors (Lipinski definition) is 2. The van der Waals surface area contributed by atoms with Crippen LogP contribution in [0.4, 0.5) is 5.82 Å². The van der Waals surface area contributed by atoms with E-state index in [1.807, 2.05) is 13.8 Å². The van der Waals surface area contributed by atoms with Crippen molar-refractivity contribution in [2.45, 2.75) is 37.9 Å². The fraction of sp³-hybridized carbons (Fsp3) is 0.421. The highest BCUT2D eigenvalue weighted by atomic mass is 35.5. The lowest BCUT2D eigenvalue weighted by atomic mass is 10.2. The van der Waals surface area contributed by atoms with Crippen LogP contribution in [0.5, 0.6) is 0 Å².